The molecule has 1 unspecified atom stereocenters. The molecule has 4 nitrogen and oxygen atoms in total. The van der Waals surface area contributed by atoms with Crippen molar-refractivity contribution < 1.29 is 8.42 Å². The Hall–Kier alpha value is -0.0800. The van der Waals surface area contributed by atoms with Gasteiger partial charge in [-0.2, -0.15) is 11.8 Å². The molecule has 0 bridgehead atoms. The zero-order valence-corrected chi connectivity index (χ0v) is 14.1. The van der Waals surface area contributed by atoms with E-state index in [0.29, 0.717) is 10.8 Å². The van der Waals surface area contributed by atoms with E-state index in [1.807, 2.05) is 25.5 Å². The number of thiophene rings is 1. The van der Waals surface area contributed by atoms with Crippen LogP contribution in [-0.2, 0) is 16.6 Å². The number of hydrogen-bond acceptors (Lipinski definition) is 5. The van der Waals surface area contributed by atoms with Gasteiger partial charge in [0.25, 0.3) is 0 Å². The highest BCUT2D eigenvalue weighted by Crippen LogP contribution is 2.20. The summed E-state index contributed by atoms with van der Waals surface area (Å²) in [5.74, 6) is 0.958. The van der Waals surface area contributed by atoms with Gasteiger partial charge in [-0.25, -0.2) is 13.1 Å². The molecular weight excluding hydrogens is 300 g/mol. The zero-order chi connectivity index (χ0) is 14.3. The summed E-state index contributed by atoms with van der Waals surface area (Å²) < 4.78 is 27.5. The average molecular weight is 323 g/mol. The lowest BCUT2D eigenvalue weighted by Gasteiger charge is -2.12. The predicted molar refractivity (Wildman–Crippen MR) is 84.5 cm³/mol. The van der Waals surface area contributed by atoms with Crippen LogP contribution in [0.15, 0.2) is 15.7 Å². The Bertz CT molecular complexity index is 471. The fourth-order valence-electron chi connectivity index (χ4n) is 1.53. The van der Waals surface area contributed by atoms with E-state index in [1.54, 1.807) is 17.8 Å². The van der Waals surface area contributed by atoms with Crippen molar-refractivity contribution in [3.63, 3.8) is 0 Å². The molecule has 0 radical (unpaired) electrons. The molecule has 0 spiro atoms. The minimum Gasteiger partial charge on any atom is -0.313 e. The highest BCUT2D eigenvalue weighted by molar-refractivity contribution is 7.98. The molecule has 110 valence electrons. The van der Waals surface area contributed by atoms with Gasteiger partial charge in [0.1, 0.15) is 4.21 Å². The van der Waals surface area contributed by atoms with Crippen molar-refractivity contribution in [2.75, 3.05) is 18.6 Å². The standard InChI is InChI=1S/C12H22N2O2S3/c1-4-13-8-11-7-12(18-9-11)19(15,16)14-10(2)5-6-17-3/h7,9-10,13-14H,4-6,8H2,1-3H3. The highest BCUT2D eigenvalue weighted by atomic mass is 32.2. The quantitative estimate of drug-likeness (QED) is 0.732. The van der Waals surface area contributed by atoms with E-state index in [9.17, 15) is 8.42 Å². The van der Waals surface area contributed by atoms with Crippen LogP contribution in [0.25, 0.3) is 0 Å². The number of thioether (sulfide) groups is 1. The first-order valence-corrected chi connectivity index (χ1v) is 10.0. The highest BCUT2D eigenvalue weighted by Gasteiger charge is 2.19. The van der Waals surface area contributed by atoms with Crippen LogP contribution in [0.4, 0.5) is 0 Å². The summed E-state index contributed by atoms with van der Waals surface area (Å²) in [6.07, 6.45) is 2.86. The third-order valence-corrected chi connectivity index (χ3v) is 6.31. The molecule has 1 atom stereocenters. The lowest BCUT2D eigenvalue weighted by molar-refractivity contribution is 0.559. The number of nitrogens with one attached hydrogen (secondary N) is 2. The maximum absolute atomic E-state index is 12.2. The molecule has 0 aliphatic heterocycles. The molecule has 0 aromatic carbocycles. The monoisotopic (exact) mass is 322 g/mol. The van der Waals surface area contributed by atoms with Crippen molar-refractivity contribution in [2.24, 2.45) is 0 Å². The Labute approximate surface area is 124 Å². The van der Waals surface area contributed by atoms with Gasteiger partial charge in [-0.1, -0.05) is 6.92 Å². The van der Waals surface area contributed by atoms with Gasteiger partial charge in [0.2, 0.25) is 10.0 Å². The number of rotatable bonds is 9. The van der Waals surface area contributed by atoms with Gasteiger partial charge in [0, 0.05) is 12.6 Å². The summed E-state index contributed by atoms with van der Waals surface area (Å²) in [4.78, 5) is 0. The van der Waals surface area contributed by atoms with Gasteiger partial charge in [0.15, 0.2) is 0 Å². The lowest BCUT2D eigenvalue weighted by Crippen LogP contribution is -2.32. The van der Waals surface area contributed by atoms with E-state index in [2.05, 4.69) is 10.0 Å². The van der Waals surface area contributed by atoms with Crippen molar-refractivity contribution in [3.8, 4) is 0 Å². The van der Waals surface area contributed by atoms with Crippen molar-refractivity contribution >= 4 is 33.1 Å². The van der Waals surface area contributed by atoms with Crippen molar-refractivity contribution in [1.29, 1.82) is 0 Å². The first-order valence-electron chi connectivity index (χ1n) is 6.29. The topological polar surface area (TPSA) is 58.2 Å². The van der Waals surface area contributed by atoms with E-state index in [0.717, 1.165) is 24.3 Å². The molecule has 0 aliphatic rings. The molecule has 0 saturated carbocycles. The molecule has 1 aromatic rings. The molecule has 19 heavy (non-hydrogen) atoms. The summed E-state index contributed by atoms with van der Waals surface area (Å²) in [7, 11) is -3.36. The second-order valence-electron chi connectivity index (χ2n) is 4.36. The smallest absolute Gasteiger partial charge is 0.250 e. The first-order chi connectivity index (χ1) is 8.99. The molecule has 1 aromatic heterocycles. The van der Waals surface area contributed by atoms with Crippen LogP contribution < -0.4 is 10.0 Å². The van der Waals surface area contributed by atoms with E-state index in [-0.39, 0.29) is 6.04 Å². The maximum atomic E-state index is 12.2. The number of hydrogen-bond donors (Lipinski definition) is 2. The second kappa shape index (κ2) is 8.26. The van der Waals surface area contributed by atoms with Crippen LogP contribution >= 0.6 is 23.1 Å². The summed E-state index contributed by atoms with van der Waals surface area (Å²) >= 11 is 3.00. The van der Waals surface area contributed by atoms with Gasteiger partial charge < -0.3 is 5.32 Å². The molecule has 0 saturated heterocycles. The van der Waals surface area contributed by atoms with Crippen LogP contribution in [0.3, 0.4) is 0 Å². The fraction of sp³-hybridized carbons (Fsp3) is 0.667. The van der Waals surface area contributed by atoms with Crippen molar-refractivity contribution in [2.45, 2.75) is 37.1 Å². The Kier molecular flexibility index (Phi) is 7.38. The molecule has 2 N–H and O–H groups in total. The van der Waals surface area contributed by atoms with Crippen LogP contribution in [0.1, 0.15) is 25.8 Å². The number of sulfonamides is 1. The lowest BCUT2D eigenvalue weighted by atomic mass is 10.3. The first kappa shape index (κ1) is 17.0. The molecule has 1 rings (SSSR count). The second-order valence-corrected chi connectivity index (χ2v) is 8.20. The minimum atomic E-state index is -3.36. The van der Waals surface area contributed by atoms with Gasteiger partial charge in [0.05, 0.1) is 0 Å². The van der Waals surface area contributed by atoms with Gasteiger partial charge in [-0.15, -0.1) is 11.3 Å². The Morgan fingerprint density at radius 2 is 2.21 bits per heavy atom. The minimum absolute atomic E-state index is 0.0308. The molecule has 1 heterocycles. The van der Waals surface area contributed by atoms with Gasteiger partial charge in [-0.3, -0.25) is 0 Å². The molecular formula is C12H22N2O2S3. The molecule has 0 amide bonds. The van der Waals surface area contributed by atoms with Crippen LogP contribution in [0.2, 0.25) is 0 Å². The van der Waals surface area contributed by atoms with Crippen LogP contribution in [0.5, 0.6) is 0 Å². The third-order valence-electron chi connectivity index (χ3n) is 2.59. The SMILES string of the molecule is CCNCc1csc(S(=O)(=O)NC(C)CCSC)c1. The summed E-state index contributed by atoms with van der Waals surface area (Å²) in [6, 6.07) is 1.72. The zero-order valence-electron chi connectivity index (χ0n) is 11.6. The van der Waals surface area contributed by atoms with E-state index in [4.69, 9.17) is 0 Å². The average Bonchev–Trinajstić information content (AvgIpc) is 2.83. The molecule has 7 heteroatoms. The normalized spacial score (nSPS) is 13.6. The van der Waals surface area contributed by atoms with E-state index >= 15 is 0 Å². The molecule has 0 fully saturated rings. The van der Waals surface area contributed by atoms with Crippen LogP contribution in [0, 0.1) is 0 Å². The molecule has 0 aliphatic carbocycles. The predicted octanol–water partition coefficient (Wildman–Crippen LogP) is 2.28. The van der Waals surface area contributed by atoms with Crippen LogP contribution in [-0.4, -0.2) is 33.0 Å². The summed E-state index contributed by atoms with van der Waals surface area (Å²) in [5.41, 5.74) is 1.02. The maximum Gasteiger partial charge on any atom is 0.250 e. The van der Waals surface area contributed by atoms with E-state index < -0.39 is 10.0 Å². The summed E-state index contributed by atoms with van der Waals surface area (Å²) in [6.45, 7) is 5.52. The Balaban J connectivity index is 2.63. The Morgan fingerprint density at radius 1 is 1.47 bits per heavy atom. The fourth-order valence-corrected chi connectivity index (χ4v) is 4.63. The summed E-state index contributed by atoms with van der Waals surface area (Å²) in [5, 5.41) is 5.08. The van der Waals surface area contributed by atoms with Crippen molar-refractivity contribution in [1.82, 2.24) is 10.0 Å². The van der Waals surface area contributed by atoms with Crippen molar-refractivity contribution in [3.05, 3.63) is 17.0 Å². The third kappa shape index (κ3) is 5.83. The van der Waals surface area contributed by atoms with Gasteiger partial charge >= 0.3 is 0 Å². The van der Waals surface area contributed by atoms with Gasteiger partial charge in [-0.05, 0) is 48.9 Å². The largest absolute Gasteiger partial charge is 0.313 e. The van der Waals surface area contributed by atoms with E-state index in [1.165, 1.54) is 11.3 Å². The Morgan fingerprint density at radius 3 is 2.84 bits per heavy atom.